The molecule has 168 valence electrons. The Kier molecular flexibility index (Phi) is 7.36. The van der Waals surface area contributed by atoms with Gasteiger partial charge >= 0.3 is 0 Å². The number of methoxy groups -OCH3 is 1. The van der Waals surface area contributed by atoms with Crippen molar-refractivity contribution >= 4 is 44.8 Å². The standard InChI is InChI=1S/C21H25Cl2N3O4S/c1-14-4-5-16(22)12-19(14)25-8-10-26(11-9-25)21(27)15(2)24-31(28,29)17-6-7-20(30-3)18(23)13-17/h4-7,12-13,15,24H,8-11H2,1-3H3/t15-/m0/s1. The molecule has 0 unspecified atom stereocenters. The van der Waals surface area contributed by atoms with E-state index in [1.165, 1.54) is 25.3 Å². The minimum atomic E-state index is -3.92. The highest BCUT2D eigenvalue weighted by molar-refractivity contribution is 7.89. The van der Waals surface area contributed by atoms with Crippen LogP contribution in [0.2, 0.25) is 10.0 Å². The number of hydrogen-bond donors (Lipinski definition) is 1. The molecule has 2 aromatic carbocycles. The molecule has 0 aliphatic carbocycles. The fourth-order valence-electron chi connectivity index (χ4n) is 3.53. The summed E-state index contributed by atoms with van der Waals surface area (Å²) < 4.78 is 32.9. The smallest absolute Gasteiger partial charge is 0.241 e. The van der Waals surface area contributed by atoms with Crippen molar-refractivity contribution in [2.75, 3.05) is 38.2 Å². The lowest BCUT2D eigenvalue weighted by molar-refractivity contribution is -0.132. The van der Waals surface area contributed by atoms with Crippen LogP contribution in [0.15, 0.2) is 41.3 Å². The molecule has 10 heteroatoms. The number of carbonyl (C=O) groups excluding carboxylic acids is 1. The van der Waals surface area contributed by atoms with E-state index >= 15 is 0 Å². The Morgan fingerprint density at radius 1 is 1.10 bits per heavy atom. The minimum Gasteiger partial charge on any atom is -0.495 e. The largest absolute Gasteiger partial charge is 0.495 e. The van der Waals surface area contributed by atoms with E-state index < -0.39 is 16.1 Å². The van der Waals surface area contributed by atoms with E-state index in [2.05, 4.69) is 9.62 Å². The molecule has 1 saturated heterocycles. The Bertz CT molecular complexity index is 1070. The molecule has 0 saturated carbocycles. The summed E-state index contributed by atoms with van der Waals surface area (Å²) in [7, 11) is -2.47. The number of aryl methyl sites for hydroxylation is 1. The number of nitrogens with one attached hydrogen (secondary N) is 1. The Morgan fingerprint density at radius 3 is 2.39 bits per heavy atom. The third-order valence-electron chi connectivity index (χ3n) is 5.24. The fraction of sp³-hybridized carbons (Fsp3) is 0.381. The molecule has 0 bridgehead atoms. The quantitative estimate of drug-likeness (QED) is 0.678. The van der Waals surface area contributed by atoms with Crippen LogP contribution in [0, 0.1) is 6.92 Å². The molecule has 1 aliphatic rings. The van der Waals surface area contributed by atoms with E-state index in [9.17, 15) is 13.2 Å². The van der Waals surface area contributed by atoms with Gasteiger partial charge in [-0.1, -0.05) is 29.3 Å². The van der Waals surface area contributed by atoms with Crippen molar-refractivity contribution < 1.29 is 17.9 Å². The Morgan fingerprint density at radius 2 is 1.77 bits per heavy atom. The Hall–Kier alpha value is -2.00. The van der Waals surface area contributed by atoms with Gasteiger partial charge in [-0.15, -0.1) is 0 Å². The van der Waals surface area contributed by atoms with E-state index in [4.69, 9.17) is 27.9 Å². The molecule has 3 rings (SSSR count). The monoisotopic (exact) mass is 485 g/mol. The number of piperazine rings is 1. The molecule has 1 N–H and O–H groups in total. The maximum Gasteiger partial charge on any atom is 0.241 e. The van der Waals surface area contributed by atoms with E-state index in [0.717, 1.165) is 11.3 Å². The number of benzene rings is 2. The number of sulfonamides is 1. The molecule has 1 amide bonds. The second kappa shape index (κ2) is 9.65. The number of ether oxygens (including phenoxy) is 1. The second-order valence-electron chi connectivity index (χ2n) is 7.38. The van der Waals surface area contributed by atoms with E-state index in [0.29, 0.717) is 37.0 Å². The number of amides is 1. The van der Waals surface area contributed by atoms with Crippen molar-refractivity contribution in [2.24, 2.45) is 0 Å². The summed E-state index contributed by atoms with van der Waals surface area (Å²) in [6.07, 6.45) is 0. The number of halogens is 2. The predicted molar refractivity (Wildman–Crippen MR) is 123 cm³/mol. The first-order chi connectivity index (χ1) is 14.6. The maximum atomic E-state index is 12.9. The number of nitrogens with zero attached hydrogens (tertiary/aromatic N) is 2. The van der Waals surface area contributed by atoms with E-state index in [1.54, 1.807) is 11.8 Å². The van der Waals surface area contributed by atoms with Crippen molar-refractivity contribution in [1.82, 2.24) is 9.62 Å². The molecule has 2 aromatic rings. The highest BCUT2D eigenvalue weighted by Crippen LogP contribution is 2.27. The van der Waals surface area contributed by atoms with Crippen LogP contribution in [0.3, 0.4) is 0 Å². The zero-order valence-electron chi connectivity index (χ0n) is 17.6. The maximum absolute atomic E-state index is 12.9. The lowest BCUT2D eigenvalue weighted by Crippen LogP contribution is -2.54. The average Bonchev–Trinajstić information content (AvgIpc) is 2.74. The molecular formula is C21H25Cl2N3O4S. The highest BCUT2D eigenvalue weighted by Gasteiger charge is 2.29. The van der Waals surface area contributed by atoms with Crippen molar-refractivity contribution in [2.45, 2.75) is 24.8 Å². The molecule has 1 heterocycles. The Labute approximate surface area is 192 Å². The zero-order chi connectivity index (χ0) is 22.8. The molecular weight excluding hydrogens is 461 g/mol. The summed E-state index contributed by atoms with van der Waals surface area (Å²) in [5.41, 5.74) is 2.16. The number of hydrogen-bond acceptors (Lipinski definition) is 5. The summed E-state index contributed by atoms with van der Waals surface area (Å²) in [6, 6.07) is 8.99. The molecule has 0 radical (unpaired) electrons. The van der Waals surface area contributed by atoms with Crippen LogP contribution in [-0.4, -0.2) is 58.6 Å². The lowest BCUT2D eigenvalue weighted by atomic mass is 10.1. The normalized spacial score (nSPS) is 15.6. The number of carbonyl (C=O) groups is 1. The predicted octanol–water partition coefficient (Wildman–Crippen LogP) is 3.33. The summed E-state index contributed by atoms with van der Waals surface area (Å²) in [5, 5.41) is 0.845. The lowest BCUT2D eigenvalue weighted by Gasteiger charge is -2.37. The van der Waals surface area contributed by atoms with Gasteiger partial charge in [0.1, 0.15) is 5.75 Å². The second-order valence-corrected chi connectivity index (χ2v) is 9.94. The van der Waals surface area contributed by atoms with Gasteiger partial charge in [-0.3, -0.25) is 4.79 Å². The van der Waals surface area contributed by atoms with Gasteiger partial charge in [0, 0.05) is 36.9 Å². The molecule has 31 heavy (non-hydrogen) atoms. The van der Waals surface area contributed by atoms with Crippen LogP contribution in [-0.2, 0) is 14.8 Å². The minimum absolute atomic E-state index is 0.0285. The third-order valence-corrected chi connectivity index (χ3v) is 7.31. The molecule has 1 aliphatic heterocycles. The number of anilines is 1. The molecule has 7 nitrogen and oxygen atoms in total. The van der Waals surface area contributed by atoms with Crippen LogP contribution in [0.4, 0.5) is 5.69 Å². The van der Waals surface area contributed by atoms with Gasteiger partial charge in [0.25, 0.3) is 0 Å². The summed E-state index contributed by atoms with van der Waals surface area (Å²) in [6.45, 7) is 5.82. The topological polar surface area (TPSA) is 78.9 Å². The van der Waals surface area contributed by atoms with Crippen LogP contribution in [0.1, 0.15) is 12.5 Å². The molecule has 1 fully saturated rings. The van der Waals surface area contributed by atoms with Gasteiger partial charge in [-0.2, -0.15) is 4.72 Å². The average molecular weight is 486 g/mol. The van der Waals surface area contributed by atoms with Crippen molar-refractivity contribution in [3.8, 4) is 5.75 Å². The van der Waals surface area contributed by atoms with Crippen molar-refractivity contribution in [3.63, 3.8) is 0 Å². The molecule has 1 atom stereocenters. The van der Waals surface area contributed by atoms with E-state index in [1.807, 2.05) is 25.1 Å². The highest BCUT2D eigenvalue weighted by atomic mass is 35.5. The summed E-state index contributed by atoms with van der Waals surface area (Å²) in [5.74, 6) is 0.100. The Balaban J connectivity index is 1.63. The molecule has 0 spiro atoms. The SMILES string of the molecule is COc1ccc(S(=O)(=O)N[C@@H](C)C(=O)N2CCN(c3cc(Cl)ccc3C)CC2)cc1Cl. The van der Waals surface area contributed by atoms with Gasteiger partial charge in [0.15, 0.2) is 0 Å². The van der Waals surface area contributed by atoms with Crippen LogP contribution in [0.25, 0.3) is 0 Å². The summed E-state index contributed by atoms with van der Waals surface area (Å²) in [4.78, 5) is 16.7. The van der Waals surface area contributed by atoms with Crippen molar-refractivity contribution in [3.05, 3.63) is 52.0 Å². The first-order valence-corrected chi connectivity index (χ1v) is 12.0. The van der Waals surface area contributed by atoms with Crippen LogP contribution in [0.5, 0.6) is 5.75 Å². The third kappa shape index (κ3) is 5.44. The molecule has 0 aromatic heterocycles. The van der Waals surface area contributed by atoms with Gasteiger partial charge in [0.05, 0.1) is 23.1 Å². The van der Waals surface area contributed by atoms with Crippen LogP contribution < -0.4 is 14.4 Å². The van der Waals surface area contributed by atoms with Gasteiger partial charge < -0.3 is 14.5 Å². The van der Waals surface area contributed by atoms with Crippen LogP contribution >= 0.6 is 23.2 Å². The van der Waals surface area contributed by atoms with Gasteiger partial charge in [0.2, 0.25) is 15.9 Å². The zero-order valence-corrected chi connectivity index (χ0v) is 19.9. The fourth-order valence-corrected chi connectivity index (χ4v) is 5.24. The first-order valence-electron chi connectivity index (χ1n) is 9.78. The van der Waals surface area contributed by atoms with Crippen molar-refractivity contribution in [1.29, 1.82) is 0 Å². The first kappa shape index (κ1) is 23.7. The van der Waals surface area contributed by atoms with E-state index in [-0.39, 0.29) is 15.8 Å². The van der Waals surface area contributed by atoms with Gasteiger partial charge in [-0.05, 0) is 49.7 Å². The number of rotatable bonds is 6. The van der Waals surface area contributed by atoms with Gasteiger partial charge in [-0.25, -0.2) is 8.42 Å². The summed E-state index contributed by atoms with van der Waals surface area (Å²) >= 11 is 12.2.